The van der Waals surface area contributed by atoms with Gasteiger partial charge in [0.25, 0.3) is 0 Å². The summed E-state index contributed by atoms with van der Waals surface area (Å²) in [5.74, 6) is -1.98. The summed E-state index contributed by atoms with van der Waals surface area (Å²) in [6.07, 6.45) is -4.04. The fraction of sp³-hybridized carbons (Fsp3) is 0.467. The summed E-state index contributed by atoms with van der Waals surface area (Å²) in [5.41, 5.74) is 0. The van der Waals surface area contributed by atoms with Gasteiger partial charge in [0.1, 0.15) is 0 Å². The van der Waals surface area contributed by atoms with E-state index in [9.17, 15) is 22.8 Å². The third-order valence-corrected chi connectivity index (χ3v) is 2.63. The Morgan fingerprint density at radius 2 is 1.74 bits per heavy atom. The summed E-state index contributed by atoms with van der Waals surface area (Å²) < 4.78 is 50.3. The summed E-state index contributed by atoms with van der Waals surface area (Å²) in [6.45, 7) is 1.82. The Morgan fingerprint density at radius 1 is 1.09 bits per heavy atom. The molecule has 0 unspecified atom stereocenters. The van der Waals surface area contributed by atoms with Crippen LogP contribution in [0.5, 0.6) is 11.5 Å². The predicted octanol–water partition coefficient (Wildman–Crippen LogP) is 3.27. The van der Waals surface area contributed by atoms with Gasteiger partial charge in [-0.05, 0) is 31.9 Å². The lowest BCUT2D eigenvalue weighted by Crippen LogP contribution is -2.18. The maximum Gasteiger partial charge on any atom is 0.573 e. The molecule has 0 saturated carbocycles. The van der Waals surface area contributed by atoms with Crippen LogP contribution in [0.1, 0.15) is 26.2 Å². The van der Waals surface area contributed by atoms with Crippen LogP contribution < -0.4 is 9.47 Å². The number of benzene rings is 1. The third kappa shape index (κ3) is 7.53. The van der Waals surface area contributed by atoms with Gasteiger partial charge in [-0.1, -0.05) is 12.1 Å². The van der Waals surface area contributed by atoms with Gasteiger partial charge in [0.05, 0.1) is 13.2 Å². The number of para-hydroxylation sites is 2. The average Bonchev–Trinajstić information content (AvgIpc) is 2.47. The first-order valence-corrected chi connectivity index (χ1v) is 7.01. The van der Waals surface area contributed by atoms with Crippen molar-refractivity contribution in [3.8, 4) is 11.5 Å². The molecule has 0 fully saturated rings. The van der Waals surface area contributed by atoms with Crippen molar-refractivity contribution >= 4 is 11.8 Å². The summed E-state index contributed by atoms with van der Waals surface area (Å²) in [7, 11) is 0. The van der Waals surface area contributed by atoms with E-state index in [4.69, 9.17) is 4.74 Å². The number of alkyl halides is 3. The first-order chi connectivity index (χ1) is 10.8. The molecular formula is C15H17F3O5. The molecule has 0 heterocycles. The van der Waals surface area contributed by atoms with Gasteiger partial charge < -0.3 is 14.2 Å². The summed E-state index contributed by atoms with van der Waals surface area (Å²) >= 11 is 0. The van der Waals surface area contributed by atoms with Crippen molar-refractivity contribution in [1.29, 1.82) is 0 Å². The van der Waals surface area contributed by atoms with E-state index in [1.807, 2.05) is 0 Å². The molecule has 0 aromatic heterocycles. The van der Waals surface area contributed by atoms with Crippen LogP contribution in [0.3, 0.4) is 0 Å². The highest BCUT2D eigenvalue weighted by Crippen LogP contribution is 2.31. The van der Waals surface area contributed by atoms with E-state index >= 15 is 0 Å². The van der Waals surface area contributed by atoms with E-state index in [0.717, 1.165) is 6.07 Å². The Bertz CT molecular complexity index is 528. The number of esters is 1. The molecule has 1 rings (SSSR count). The molecule has 1 aromatic carbocycles. The molecule has 23 heavy (non-hydrogen) atoms. The number of carbonyl (C=O) groups is 2. The number of ketones is 1. The molecule has 0 aliphatic heterocycles. The van der Waals surface area contributed by atoms with E-state index in [1.54, 1.807) is 6.92 Å². The van der Waals surface area contributed by atoms with Crippen molar-refractivity contribution in [3.05, 3.63) is 24.3 Å². The van der Waals surface area contributed by atoms with Gasteiger partial charge in [0.15, 0.2) is 11.5 Å². The number of hydrogen-bond donors (Lipinski definition) is 0. The van der Waals surface area contributed by atoms with Gasteiger partial charge >= 0.3 is 12.3 Å². The molecule has 0 saturated heterocycles. The average molecular weight is 334 g/mol. The van der Waals surface area contributed by atoms with Gasteiger partial charge in [-0.3, -0.25) is 4.79 Å². The fourth-order valence-electron chi connectivity index (χ4n) is 1.66. The second-order valence-corrected chi connectivity index (χ2v) is 4.44. The smallest absolute Gasteiger partial charge is 0.490 e. The summed E-state index contributed by atoms with van der Waals surface area (Å²) in [4.78, 5) is 22.4. The fourth-order valence-corrected chi connectivity index (χ4v) is 1.66. The number of Topliss-reactive ketones (excluding diaryl/α,β-unsaturated/α-hetero) is 1. The first-order valence-electron chi connectivity index (χ1n) is 7.01. The molecular weight excluding hydrogens is 317 g/mol. The first kappa shape index (κ1) is 18.8. The number of halogens is 3. The quantitative estimate of drug-likeness (QED) is 0.394. The van der Waals surface area contributed by atoms with Crippen LogP contribution in [0, 0.1) is 0 Å². The molecule has 0 spiro atoms. The highest BCUT2D eigenvalue weighted by Gasteiger charge is 2.32. The van der Waals surface area contributed by atoms with Crippen LogP contribution in [-0.2, 0) is 14.3 Å². The summed E-state index contributed by atoms with van der Waals surface area (Å²) in [6, 6.07) is 5.41. The maximum atomic E-state index is 12.2. The van der Waals surface area contributed by atoms with E-state index in [0.29, 0.717) is 12.8 Å². The Hall–Kier alpha value is -2.25. The maximum absolute atomic E-state index is 12.2. The normalized spacial score (nSPS) is 11.0. The lowest BCUT2D eigenvalue weighted by atomic mass is 10.2. The van der Waals surface area contributed by atoms with Crippen LogP contribution in [0.15, 0.2) is 24.3 Å². The SMILES string of the molecule is CCOC(=O)C(=O)CCCCOc1ccccc1OC(F)(F)F. The van der Waals surface area contributed by atoms with Crippen LogP contribution in [0.2, 0.25) is 0 Å². The number of unbranched alkanes of at least 4 members (excludes halogenated alkanes) is 1. The van der Waals surface area contributed by atoms with Gasteiger partial charge in [-0.25, -0.2) is 4.79 Å². The van der Waals surface area contributed by atoms with Crippen LogP contribution >= 0.6 is 0 Å². The molecule has 0 amide bonds. The van der Waals surface area contributed by atoms with Gasteiger partial charge in [0, 0.05) is 6.42 Å². The van der Waals surface area contributed by atoms with Crippen LogP contribution in [0.4, 0.5) is 13.2 Å². The second-order valence-electron chi connectivity index (χ2n) is 4.44. The minimum absolute atomic E-state index is 0.00287. The number of carbonyl (C=O) groups excluding carboxylic acids is 2. The lowest BCUT2D eigenvalue weighted by Gasteiger charge is -2.13. The van der Waals surface area contributed by atoms with Crippen molar-refractivity contribution in [2.45, 2.75) is 32.5 Å². The largest absolute Gasteiger partial charge is 0.573 e. The predicted molar refractivity (Wildman–Crippen MR) is 74.1 cm³/mol. The Morgan fingerprint density at radius 3 is 2.35 bits per heavy atom. The molecule has 0 bridgehead atoms. The van der Waals surface area contributed by atoms with Gasteiger partial charge in [-0.2, -0.15) is 0 Å². The van der Waals surface area contributed by atoms with Crippen LogP contribution in [0.25, 0.3) is 0 Å². The van der Waals surface area contributed by atoms with E-state index in [-0.39, 0.29) is 25.4 Å². The van der Waals surface area contributed by atoms with Crippen molar-refractivity contribution < 1.29 is 37.0 Å². The zero-order valence-electron chi connectivity index (χ0n) is 12.5. The van der Waals surface area contributed by atoms with E-state index in [2.05, 4.69) is 9.47 Å². The molecule has 5 nitrogen and oxygen atoms in total. The minimum Gasteiger partial charge on any atom is -0.490 e. The molecule has 0 aliphatic rings. The topological polar surface area (TPSA) is 61.8 Å². The molecule has 0 atom stereocenters. The number of hydrogen-bond acceptors (Lipinski definition) is 5. The number of ether oxygens (including phenoxy) is 3. The zero-order valence-corrected chi connectivity index (χ0v) is 12.5. The highest BCUT2D eigenvalue weighted by molar-refractivity contribution is 6.33. The zero-order chi connectivity index (χ0) is 17.3. The summed E-state index contributed by atoms with van der Waals surface area (Å²) in [5, 5.41) is 0. The van der Waals surface area contributed by atoms with E-state index in [1.165, 1.54) is 18.2 Å². The Labute approximate surface area is 131 Å². The second kappa shape index (κ2) is 9.02. The van der Waals surface area contributed by atoms with Crippen molar-refractivity contribution in [2.75, 3.05) is 13.2 Å². The minimum atomic E-state index is -4.80. The van der Waals surface area contributed by atoms with E-state index < -0.39 is 23.9 Å². The lowest BCUT2D eigenvalue weighted by molar-refractivity contribution is -0.275. The van der Waals surface area contributed by atoms with Gasteiger partial charge in [0.2, 0.25) is 5.78 Å². The molecule has 0 N–H and O–H groups in total. The monoisotopic (exact) mass is 334 g/mol. The third-order valence-electron chi connectivity index (χ3n) is 2.63. The molecule has 0 aliphatic carbocycles. The molecule has 8 heteroatoms. The van der Waals surface area contributed by atoms with Crippen LogP contribution in [-0.4, -0.2) is 31.3 Å². The molecule has 128 valence electrons. The van der Waals surface area contributed by atoms with Gasteiger partial charge in [-0.15, -0.1) is 13.2 Å². The number of rotatable bonds is 9. The molecule has 1 aromatic rings. The molecule has 0 radical (unpaired) electrons. The highest BCUT2D eigenvalue weighted by atomic mass is 19.4. The Balaban J connectivity index is 2.36. The Kier molecular flexibility index (Phi) is 7.37. The standard InChI is InChI=1S/C15H17F3O5/c1-2-21-14(20)11(19)7-5-6-10-22-12-8-3-4-9-13(12)23-15(16,17)18/h3-4,8-9H,2,5-7,10H2,1H3. The van der Waals surface area contributed by atoms with Crippen molar-refractivity contribution in [1.82, 2.24) is 0 Å². The van der Waals surface area contributed by atoms with Crippen molar-refractivity contribution in [3.63, 3.8) is 0 Å². The van der Waals surface area contributed by atoms with Crippen molar-refractivity contribution in [2.24, 2.45) is 0 Å².